The van der Waals surface area contributed by atoms with Gasteiger partial charge in [0.05, 0.1) is 24.0 Å². The number of halogens is 2. The summed E-state index contributed by atoms with van der Waals surface area (Å²) < 4.78 is 23.0. The van der Waals surface area contributed by atoms with Crippen LogP contribution >= 0.6 is 23.2 Å². The van der Waals surface area contributed by atoms with E-state index in [0.29, 0.717) is 28.3 Å². The smallest absolute Gasteiger partial charge is 0.261 e. The Bertz CT molecular complexity index is 1570. The van der Waals surface area contributed by atoms with Crippen LogP contribution in [0.5, 0.6) is 0 Å². The molecule has 3 aliphatic rings. The van der Waals surface area contributed by atoms with Crippen molar-refractivity contribution in [2.45, 2.75) is 70.1 Å². The van der Waals surface area contributed by atoms with Crippen molar-refractivity contribution in [3.05, 3.63) is 83.4 Å². The van der Waals surface area contributed by atoms with E-state index in [1.807, 2.05) is 26.2 Å². The molecule has 5 atom stereocenters. The first-order valence-electron chi connectivity index (χ1n) is 14.3. The molecule has 41 heavy (non-hydrogen) atoms. The highest BCUT2D eigenvalue weighted by Gasteiger charge is 2.76. The lowest BCUT2D eigenvalue weighted by molar-refractivity contribution is -0.162. The van der Waals surface area contributed by atoms with Crippen LogP contribution in [0.1, 0.15) is 47.1 Å². The van der Waals surface area contributed by atoms with Gasteiger partial charge < -0.3 is 18.5 Å². The summed E-state index contributed by atoms with van der Waals surface area (Å²) >= 11 is 12.8. The Hall–Kier alpha value is -2.26. The van der Waals surface area contributed by atoms with Crippen molar-refractivity contribution >= 4 is 52.9 Å². The van der Waals surface area contributed by atoms with Gasteiger partial charge in [-0.3, -0.25) is 0 Å². The SMILES string of the molecule is CC1(C)O[C@H]2[C@H](n3cnc4c(Cl)nc(Cl)cc43)[C@H]3C[C@@]3(CO[Si](c3ccccc3)(c3ccccc3)C(C)(C)C)[C@H]2O1. The molecule has 4 aromatic rings. The molecule has 1 aliphatic heterocycles. The van der Waals surface area contributed by atoms with Crippen LogP contribution in [0, 0.1) is 11.3 Å². The molecule has 2 aliphatic carbocycles. The highest BCUT2D eigenvalue weighted by atomic mass is 35.5. The fourth-order valence-corrected chi connectivity index (χ4v) is 12.8. The maximum absolute atomic E-state index is 7.49. The van der Waals surface area contributed by atoms with Gasteiger partial charge in [0, 0.05) is 18.1 Å². The average Bonchev–Trinajstić information content (AvgIpc) is 3.18. The lowest BCUT2D eigenvalue weighted by Gasteiger charge is -2.44. The normalized spacial score (nSPS) is 28.6. The third-order valence-corrected chi connectivity index (χ3v) is 14.8. The molecule has 214 valence electrons. The second-order valence-corrected chi connectivity index (χ2v) is 18.3. The molecular weight excluding hydrogens is 573 g/mol. The summed E-state index contributed by atoms with van der Waals surface area (Å²) in [5.74, 6) is -0.395. The summed E-state index contributed by atoms with van der Waals surface area (Å²) in [6, 6.07) is 23.5. The van der Waals surface area contributed by atoms with Crippen molar-refractivity contribution in [3.63, 3.8) is 0 Å². The first-order valence-corrected chi connectivity index (χ1v) is 16.9. The van der Waals surface area contributed by atoms with Crippen LogP contribution in [0.3, 0.4) is 0 Å². The molecule has 7 rings (SSSR count). The van der Waals surface area contributed by atoms with E-state index in [0.717, 1.165) is 11.9 Å². The van der Waals surface area contributed by atoms with E-state index < -0.39 is 14.1 Å². The number of hydrogen-bond acceptors (Lipinski definition) is 5. The van der Waals surface area contributed by atoms with Gasteiger partial charge >= 0.3 is 0 Å². The van der Waals surface area contributed by atoms with Crippen molar-refractivity contribution in [3.8, 4) is 0 Å². The number of rotatable bonds is 6. The van der Waals surface area contributed by atoms with E-state index in [1.54, 1.807) is 0 Å². The van der Waals surface area contributed by atoms with E-state index in [1.165, 1.54) is 10.4 Å². The second kappa shape index (κ2) is 9.37. The highest BCUT2D eigenvalue weighted by Crippen LogP contribution is 2.72. The van der Waals surface area contributed by atoms with Crippen LogP contribution in [0.15, 0.2) is 73.1 Å². The highest BCUT2D eigenvalue weighted by molar-refractivity contribution is 6.99. The maximum atomic E-state index is 7.49. The molecule has 2 aromatic carbocycles. The monoisotopic (exact) mass is 607 g/mol. The minimum absolute atomic E-state index is 0.0177. The topological polar surface area (TPSA) is 58.4 Å². The summed E-state index contributed by atoms with van der Waals surface area (Å²) in [5.41, 5.74) is 1.34. The molecule has 2 aromatic heterocycles. The van der Waals surface area contributed by atoms with Crippen molar-refractivity contribution in [2.75, 3.05) is 6.61 Å². The summed E-state index contributed by atoms with van der Waals surface area (Å²) in [7, 11) is -2.72. The molecule has 2 saturated carbocycles. The molecule has 0 unspecified atom stereocenters. The molecule has 0 spiro atoms. The van der Waals surface area contributed by atoms with Gasteiger partial charge in [-0.05, 0) is 41.6 Å². The van der Waals surface area contributed by atoms with Gasteiger partial charge in [0.15, 0.2) is 10.9 Å². The Labute approximate surface area is 252 Å². The van der Waals surface area contributed by atoms with E-state index in [9.17, 15) is 0 Å². The number of pyridine rings is 1. The van der Waals surface area contributed by atoms with Gasteiger partial charge in [-0.25, -0.2) is 9.97 Å². The van der Waals surface area contributed by atoms with E-state index in [2.05, 4.69) is 96.0 Å². The predicted octanol–water partition coefficient (Wildman–Crippen LogP) is 6.40. The Morgan fingerprint density at radius 3 is 2.24 bits per heavy atom. The number of hydrogen-bond donors (Lipinski definition) is 0. The number of ether oxygens (including phenoxy) is 2. The minimum Gasteiger partial charge on any atom is -0.407 e. The number of fused-ring (bicyclic) bond motifs is 4. The van der Waals surface area contributed by atoms with Gasteiger partial charge in [0.2, 0.25) is 0 Å². The fraction of sp³-hybridized carbons (Fsp3) is 0.438. The zero-order chi connectivity index (χ0) is 28.8. The number of imidazole rings is 1. The first kappa shape index (κ1) is 27.6. The Kier molecular flexibility index (Phi) is 6.30. The van der Waals surface area contributed by atoms with Gasteiger partial charge in [-0.15, -0.1) is 0 Å². The van der Waals surface area contributed by atoms with Crippen LogP contribution in [-0.4, -0.2) is 47.5 Å². The summed E-state index contributed by atoms with van der Waals surface area (Å²) in [6.45, 7) is 11.6. The molecular formula is C32H35Cl2N3O3Si. The summed E-state index contributed by atoms with van der Waals surface area (Å²) in [5, 5.41) is 3.10. The molecule has 6 nitrogen and oxygen atoms in total. The molecule has 9 heteroatoms. The van der Waals surface area contributed by atoms with Gasteiger partial charge in [-0.1, -0.05) is 105 Å². The lowest BCUT2D eigenvalue weighted by Crippen LogP contribution is -2.67. The standard InChI is InChI=1S/C32H35Cl2N3O3Si/c1-30(2,3)41(20-12-8-6-9-13-20,21-14-10-7-11-15-21)38-18-32-17-22(32)26(27-28(32)40-31(4,5)39-27)37-19-35-25-23(37)16-24(33)36-29(25)34/h6-16,19,22,26-28H,17-18H2,1-5H3/t22-,26-,27+,28+,32+/m1/s1. The summed E-state index contributed by atoms with van der Waals surface area (Å²) in [4.78, 5) is 8.81. The zero-order valence-electron chi connectivity index (χ0n) is 24.0. The van der Waals surface area contributed by atoms with Crippen LogP contribution < -0.4 is 10.4 Å². The molecule has 3 fully saturated rings. The quantitative estimate of drug-likeness (QED) is 0.188. The van der Waals surface area contributed by atoms with Gasteiger partial charge in [0.25, 0.3) is 8.32 Å². The van der Waals surface area contributed by atoms with E-state index in [4.69, 9.17) is 37.1 Å². The largest absolute Gasteiger partial charge is 0.407 e. The van der Waals surface area contributed by atoms with E-state index >= 15 is 0 Å². The van der Waals surface area contributed by atoms with Crippen LogP contribution in [0.2, 0.25) is 15.3 Å². The van der Waals surface area contributed by atoms with Crippen LogP contribution in [0.4, 0.5) is 0 Å². The van der Waals surface area contributed by atoms with Crippen LogP contribution in [0.25, 0.3) is 11.0 Å². The van der Waals surface area contributed by atoms with Crippen molar-refractivity contribution < 1.29 is 13.9 Å². The molecule has 0 radical (unpaired) electrons. The molecule has 3 heterocycles. The first-order chi connectivity index (χ1) is 19.5. The van der Waals surface area contributed by atoms with Crippen molar-refractivity contribution in [1.82, 2.24) is 14.5 Å². The number of benzene rings is 2. The third kappa shape index (κ3) is 4.15. The van der Waals surface area contributed by atoms with Gasteiger partial charge in [-0.2, -0.15) is 0 Å². The second-order valence-electron chi connectivity index (χ2n) is 13.3. The van der Waals surface area contributed by atoms with Crippen LogP contribution in [-0.2, 0) is 13.9 Å². The minimum atomic E-state index is -2.72. The zero-order valence-corrected chi connectivity index (χ0v) is 26.5. The Morgan fingerprint density at radius 1 is 1.00 bits per heavy atom. The van der Waals surface area contributed by atoms with E-state index in [-0.39, 0.29) is 28.7 Å². The molecule has 0 amide bonds. The molecule has 0 N–H and O–H groups in total. The Balaban J connectivity index is 1.31. The Morgan fingerprint density at radius 2 is 1.63 bits per heavy atom. The van der Waals surface area contributed by atoms with Gasteiger partial charge in [0.1, 0.15) is 16.8 Å². The predicted molar refractivity (Wildman–Crippen MR) is 165 cm³/mol. The van der Waals surface area contributed by atoms with Crippen molar-refractivity contribution in [2.24, 2.45) is 11.3 Å². The van der Waals surface area contributed by atoms with Crippen molar-refractivity contribution in [1.29, 1.82) is 0 Å². The third-order valence-electron chi connectivity index (χ3n) is 9.41. The fourth-order valence-electron chi connectivity index (χ4n) is 7.66. The number of aromatic nitrogens is 3. The average molecular weight is 609 g/mol. The maximum Gasteiger partial charge on any atom is 0.261 e. The number of nitrogens with zero attached hydrogens (tertiary/aromatic N) is 3. The lowest BCUT2D eigenvalue weighted by atomic mass is 10.0. The molecule has 0 bridgehead atoms. The summed E-state index contributed by atoms with van der Waals surface area (Å²) in [6.07, 6.45) is 2.59. The molecule has 1 saturated heterocycles.